The predicted octanol–water partition coefficient (Wildman–Crippen LogP) is -0.148. The molecular weight excluding hydrogens is 238 g/mol. The Kier molecular flexibility index (Phi) is 3.33. The maximum absolute atomic E-state index is 12.0. The zero-order valence-electron chi connectivity index (χ0n) is 10.1. The van der Waals surface area contributed by atoms with Crippen molar-refractivity contribution in [3.8, 4) is 0 Å². The zero-order valence-corrected chi connectivity index (χ0v) is 10.1. The predicted molar refractivity (Wildman–Crippen MR) is 62.7 cm³/mol. The number of esters is 1. The molecule has 1 aliphatic heterocycles. The molecule has 0 radical (unpaired) electrons. The second-order valence-corrected chi connectivity index (χ2v) is 3.96. The number of hydrogen-bond donors (Lipinski definition) is 1. The fourth-order valence-corrected chi connectivity index (χ4v) is 2.01. The van der Waals surface area contributed by atoms with Crippen molar-refractivity contribution < 1.29 is 14.3 Å². The molecule has 0 unspecified atom stereocenters. The molecule has 0 aliphatic carbocycles. The lowest BCUT2D eigenvalue weighted by Gasteiger charge is -2.27. The topological polar surface area (TPSA) is 96.4 Å². The Morgan fingerprint density at radius 2 is 2.50 bits per heavy atom. The van der Waals surface area contributed by atoms with Crippen molar-refractivity contribution in [2.45, 2.75) is 25.5 Å². The standard InChI is InChI=1S/C11H15N3O4/c1-2-17-9(15)11(5-3-7-18-11)14-6-4-8(12)13-10(14)16/h4,6H,2-3,5,7H2,1H3,(H2,12,13,16)/t11-/m0/s1. The van der Waals surface area contributed by atoms with Crippen molar-refractivity contribution in [1.29, 1.82) is 0 Å². The molecule has 2 N–H and O–H groups in total. The summed E-state index contributed by atoms with van der Waals surface area (Å²) in [6.07, 6.45) is 2.47. The number of nitrogen functional groups attached to an aromatic ring is 1. The van der Waals surface area contributed by atoms with Gasteiger partial charge in [-0.2, -0.15) is 4.98 Å². The van der Waals surface area contributed by atoms with E-state index in [1.807, 2.05) is 0 Å². The summed E-state index contributed by atoms with van der Waals surface area (Å²) in [6, 6.07) is 1.45. The largest absolute Gasteiger partial charge is 0.462 e. The molecule has 2 heterocycles. The Hall–Kier alpha value is -1.89. The highest BCUT2D eigenvalue weighted by Crippen LogP contribution is 2.31. The van der Waals surface area contributed by atoms with Gasteiger partial charge < -0.3 is 15.2 Å². The molecule has 1 atom stereocenters. The van der Waals surface area contributed by atoms with Gasteiger partial charge in [0.05, 0.1) is 13.2 Å². The summed E-state index contributed by atoms with van der Waals surface area (Å²) in [7, 11) is 0. The molecule has 1 saturated heterocycles. The lowest BCUT2D eigenvalue weighted by molar-refractivity contribution is -0.180. The van der Waals surface area contributed by atoms with E-state index >= 15 is 0 Å². The summed E-state index contributed by atoms with van der Waals surface area (Å²) in [4.78, 5) is 27.5. The molecule has 0 saturated carbocycles. The minimum atomic E-state index is -1.40. The van der Waals surface area contributed by atoms with Crippen LogP contribution in [0.3, 0.4) is 0 Å². The molecule has 18 heavy (non-hydrogen) atoms. The first-order chi connectivity index (χ1) is 8.60. The lowest BCUT2D eigenvalue weighted by atomic mass is 10.1. The van der Waals surface area contributed by atoms with Crippen LogP contribution in [0.25, 0.3) is 0 Å². The number of carbonyl (C=O) groups is 1. The number of rotatable bonds is 3. The molecule has 0 amide bonds. The molecular formula is C11H15N3O4. The molecule has 0 bridgehead atoms. The highest BCUT2D eigenvalue weighted by Gasteiger charge is 2.47. The van der Waals surface area contributed by atoms with E-state index in [-0.39, 0.29) is 12.4 Å². The second-order valence-electron chi connectivity index (χ2n) is 3.96. The van der Waals surface area contributed by atoms with Crippen molar-refractivity contribution in [2.24, 2.45) is 0 Å². The molecule has 1 aliphatic rings. The van der Waals surface area contributed by atoms with Crippen molar-refractivity contribution in [3.63, 3.8) is 0 Å². The third kappa shape index (κ3) is 1.97. The van der Waals surface area contributed by atoms with E-state index in [9.17, 15) is 9.59 Å². The summed E-state index contributed by atoms with van der Waals surface area (Å²) >= 11 is 0. The third-order valence-electron chi connectivity index (χ3n) is 2.81. The third-order valence-corrected chi connectivity index (χ3v) is 2.81. The smallest absolute Gasteiger partial charge is 0.360 e. The number of hydrogen-bond acceptors (Lipinski definition) is 6. The van der Waals surface area contributed by atoms with Gasteiger partial charge in [0.2, 0.25) is 5.72 Å². The fraction of sp³-hybridized carbons (Fsp3) is 0.545. The molecule has 98 valence electrons. The number of nitrogens with two attached hydrogens (primary N) is 1. The molecule has 1 aromatic heterocycles. The lowest BCUT2D eigenvalue weighted by Crippen LogP contribution is -2.48. The Labute approximate surface area is 104 Å². The minimum absolute atomic E-state index is 0.105. The summed E-state index contributed by atoms with van der Waals surface area (Å²) in [5.74, 6) is -0.468. The van der Waals surface area contributed by atoms with E-state index in [0.29, 0.717) is 19.4 Å². The SMILES string of the molecule is CCOC(=O)[C@]1(n2ccc(N)nc2=O)CCCO1. The summed E-state index contributed by atoms with van der Waals surface area (Å²) in [6.45, 7) is 2.32. The van der Waals surface area contributed by atoms with Gasteiger partial charge in [-0.25, -0.2) is 9.59 Å². The van der Waals surface area contributed by atoms with Crippen LogP contribution in [-0.2, 0) is 20.0 Å². The Morgan fingerprint density at radius 1 is 1.72 bits per heavy atom. The average Bonchev–Trinajstić information content (AvgIpc) is 2.79. The summed E-state index contributed by atoms with van der Waals surface area (Å²) in [5, 5.41) is 0. The average molecular weight is 253 g/mol. The number of aromatic nitrogens is 2. The van der Waals surface area contributed by atoms with E-state index in [0.717, 1.165) is 4.57 Å². The van der Waals surface area contributed by atoms with Gasteiger partial charge >= 0.3 is 11.7 Å². The Balaban J connectivity index is 2.47. The van der Waals surface area contributed by atoms with Crippen LogP contribution in [0.15, 0.2) is 17.1 Å². The van der Waals surface area contributed by atoms with Gasteiger partial charge in [-0.1, -0.05) is 0 Å². The minimum Gasteiger partial charge on any atom is -0.462 e. The van der Waals surface area contributed by atoms with E-state index in [1.165, 1.54) is 12.3 Å². The first-order valence-corrected chi connectivity index (χ1v) is 5.77. The Bertz CT molecular complexity index is 505. The van der Waals surface area contributed by atoms with Crippen LogP contribution in [-0.4, -0.2) is 28.7 Å². The first kappa shape index (κ1) is 12.6. The van der Waals surface area contributed by atoms with Crippen LogP contribution in [0, 0.1) is 0 Å². The van der Waals surface area contributed by atoms with Crippen molar-refractivity contribution >= 4 is 11.8 Å². The maximum Gasteiger partial charge on any atom is 0.360 e. The highest BCUT2D eigenvalue weighted by atomic mass is 16.6. The zero-order chi connectivity index (χ0) is 13.2. The monoisotopic (exact) mass is 253 g/mol. The summed E-state index contributed by atoms with van der Waals surface area (Å²) in [5.41, 5.74) is 3.41. The van der Waals surface area contributed by atoms with E-state index < -0.39 is 17.4 Å². The molecule has 7 nitrogen and oxygen atoms in total. The van der Waals surface area contributed by atoms with Crippen molar-refractivity contribution in [2.75, 3.05) is 18.9 Å². The van der Waals surface area contributed by atoms with Gasteiger partial charge in [-0.05, 0) is 19.4 Å². The van der Waals surface area contributed by atoms with Crippen LogP contribution in [0.2, 0.25) is 0 Å². The molecule has 1 aromatic rings. The molecule has 1 fully saturated rings. The van der Waals surface area contributed by atoms with Gasteiger partial charge in [0.25, 0.3) is 0 Å². The molecule has 7 heteroatoms. The van der Waals surface area contributed by atoms with E-state index in [1.54, 1.807) is 6.92 Å². The van der Waals surface area contributed by atoms with Crippen molar-refractivity contribution in [1.82, 2.24) is 9.55 Å². The Morgan fingerprint density at radius 3 is 3.06 bits per heavy atom. The molecule has 0 aromatic carbocycles. The highest BCUT2D eigenvalue weighted by molar-refractivity contribution is 5.77. The van der Waals surface area contributed by atoms with Gasteiger partial charge in [0.15, 0.2) is 0 Å². The summed E-state index contributed by atoms with van der Waals surface area (Å²) < 4.78 is 11.6. The number of nitrogens with zero attached hydrogens (tertiary/aromatic N) is 2. The van der Waals surface area contributed by atoms with E-state index in [4.69, 9.17) is 15.2 Å². The number of carbonyl (C=O) groups excluding carboxylic acids is 1. The molecule has 0 spiro atoms. The van der Waals surface area contributed by atoms with E-state index in [2.05, 4.69) is 4.98 Å². The van der Waals surface area contributed by atoms with Gasteiger partial charge in [-0.15, -0.1) is 0 Å². The van der Waals surface area contributed by atoms with Crippen LogP contribution >= 0.6 is 0 Å². The van der Waals surface area contributed by atoms with Crippen molar-refractivity contribution in [3.05, 3.63) is 22.7 Å². The van der Waals surface area contributed by atoms with Crippen LogP contribution in [0.4, 0.5) is 5.82 Å². The quantitative estimate of drug-likeness (QED) is 0.752. The molecule has 2 rings (SSSR count). The number of ether oxygens (including phenoxy) is 2. The number of anilines is 1. The maximum atomic E-state index is 12.0. The normalized spacial score (nSPS) is 22.9. The first-order valence-electron chi connectivity index (χ1n) is 5.77. The van der Waals surface area contributed by atoms with Crippen LogP contribution < -0.4 is 11.4 Å². The van der Waals surface area contributed by atoms with Crippen LogP contribution in [0.1, 0.15) is 19.8 Å². The van der Waals surface area contributed by atoms with Gasteiger partial charge in [0, 0.05) is 12.6 Å². The van der Waals surface area contributed by atoms with Gasteiger partial charge in [0.1, 0.15) is 5.82 Å². The fourth-order valence-electron chi connectivity index (χ4n) is 2.01. The second kappa shape index (κ2) is 4.77. The van der Waals surface area contributed by atoms with Crippen LogP contribution in [0.5, 0.6) is 0 Å². The van der Waals surface area contributed by atoms with Gasteiger partial charge in [-0.3, -0.25) is 4.57 Å².